The van der Waals surface area contributed by atoms with Gasteiger partial charge in [-0.25, -0.2) is 0 Å². The molecule has 0 saturated heterocycles. The van der Waals surface area contributed by atoms with E-state index < -0.39 is 0 Å². The standard InChI is InChI=1S/C15H24N2O2/c1-5-16-14-7-6-13(10-12(14)4)15(18)17-8-9-19-11(2)3/h6-7,10-11,16H,5,8-9H2,1-4H3,(H,17,18). The van der Waals surface area contributed by atoms with Crippen molar-refractivity contribution in [2.45, 2.75) is 33.8 Å². The van der Waals surface area contributed by atoms with E-state index in [1.54, 1.807) is 0 Å². The van der Waals surface area contributed by atoms with Crippen molar-refractivity contribution in [1.29, 1.82) is 0 Å². The third-order valence-corrected chi connectivity index (χ3v) is 2.69. The summed E-state index contributed by atoms with van der Waals surface area (Å²) in [6.45, 7) is 9.95. The van der Waals surface area contributed by atoms with Crippen molar-refractivity contribution >= 4 is 11.6 Å². The zero-order valence-electron chi connectivity index (χ0n) is 12.2. The molecular formula is C15H24N2O2. The summed E-state index contributed by atoms with van der Waals surface area (Å²) in [5.41, 5.74) is 2.83. The molecule has 1 aromatic carbocycles. The predicted molar refractivity (Wildman–Crippen MR) is 78.8 cm³/mol. The Kier molecular flexibility index (Phi) is 6.36. The van der Waals surface area contributed by atoms with Gasteiger partial charge in [-0.15, -0.1) is 0 Å². The summed E-state index contributed by atoms with van der Waals surface area (Å²) >= 11 is 0. The molecule has 0 spiro atoms. The van der Waals surface area contributed by atoms with E-state index in [0.29, 0.717) is 18.7 Å². The molecule has 1 aromatic rings. The fraction of sp³-hybridized carbons (Fsp3) is 0.533. The molecule has 19 heavy (non-hydrogen) atoms. The van der Waals surface area contributed by atoms with Gasteiger partial charge in [-0.3, -0.25) is 4.79 Å². The Bertz CT molecular complexity index is 417. The Labute approximate surface area is 115 Å². The van der Waals surface area contributed by atoms with Crippen molar-refractivity contribution in [2.24, 2.45) is 0 Å². The van der Waals surface area contributed by atoms with Crippen molar-refractivity contribution in [3.05, 3.63) is 29.3 Å². The largest absolute Gasteiger partial charge is 0.385 e. The summed E-state index contributed by atoms with van der Waals surface area (Å²) in [6.07, 6.45) is 0.193. The summed E-state index contributed by atoms with van der Waals surface area (Å²) in [5, 5.41) is 6.10. The Morgan fingerprint density at radius 3 is 2.68 bits per heavy atom. The zero-order chi connectivity index (χ0) is 14.3. The van der Waals surface area contributed by atoms with Crippen molar-refractivity contribution in [3.63, 3.8) is 0 Å². The molecule has 106 valence electrons. The average Bonchev–Trinajstić information content (AvgIpc) is 2.36. The number of rotatable bonds is 7. The van der Waals surface area contributed by atoms with E-state index in [0.717, 1.165) is 17.8 Å². The maximum Gasteiger partial charge on any atom is 0.251 e. The Morgan fingerprint density at radius 2 is 2.11 bits per heavy atom. The first-order valence-electron chi connectivity index (χ1n) is 6.79. The van der Waals surface area contributed by atoms with Crippen LogP contribution in [-0.4, -0.2) is 31.7 Å². The average molecular weight is 264 g/mol. The predicted octanol–water partition coefficient (Wildman–Crippen LogP) is 2.58. The molecule has 0 aliphatic carbocycles. The smallest absolute Gasteiger partial charge is 0.251 e. The molecule has 0 radical (unpaired) electrons. The molecule has 0 atom stereocenters. The zero-order valence-corrected chi connectivity index (χ0v) is 12.2. The maximum absolute atomic E-state index is 11.9. The summed E-state index contributed by atoms with van der Waals surface area (Å²) < 4.78 is 5.38. The Hall–Kier alpha value is -1.55. The molecule has 4 heteroatoms. The number of carbonyl (C=O) groups is 1. The van der Waals surface area contributed by atoms with E-state index >= 15 is 0 Å². The molecule has 0 saturated carbocycles. The van der Waals surface area contributed by atoms with Gasteiger partial charge in [0.05, 0.1) is 12.7 Å². The second-order valence-electron chi connectivity index (χ2n) is 4.74. The van der Waals surface area contributed by atoms with E-state index in [2.05, 4.69) is 17.6 Å². The van der Waals surface area contributed by atoms with E-state index in [4.69, 9.17) is 4.74 Å². The summed E-state index contributed by atoms with van der Waals surface area (Å²) in [7, 11) is 0. The lowest BCUT2D eigenvalue weighted by Crippen LogP contribution is -2.28. The van der Waals surface area contributed by atoms with Crippen molar-refractivity contribution in [3.8, 4) is 0 Å². The molecule has 0 fully saturated rings. The first kappa shape index (κ1) is 15.5. The van der Waals surface area contributed by atoms with E-state index in [-0.39, 0.29) is 12.0 Å². The number of carbonyl (C=O) groups excluding carboxylic acids is 1. The van der Waals surface area contributed by atoms with Crippen molar-refractivity contribution in [2.75, 3.05) is 25.0 Å². The van der Waals surface area contributed by atoms with Gasteiger partial charge < -0.3 is 15.4 Å². The van der Waals surface area contributed by atoms with Crippen LogP contribution < -0.4 is 10.6 Å². The van der Waals surface area contributed by atoms with Crippen LogP contribution in [0, 0.1) is 6.92 Å². The van der Waals surface area contributed by atoms with Gasteiger partial charge >= 0.3 is 0 Å². The lowest BCUT2D eigenvalue weighted by molar-refractivity contribution is 0.0746. The van der Waals surface area contributed by atoms with Crippen LogP contribution in [0.4, 0.5) is 5.69 Å². The summed E-state index contributed by atoms with van der Waals surface area (Å²) in [6, 6.07) is 5.68. The number of anilines is 1. The van der Waals surface area contributed by atoms with Crippen LogP contribution in [0.1, 0.15) is 36.7 Å². The number of amides is 1. The lowest BCUT2D eigenvalue weighted by Gasteiger charge is -2.11. The molecule has 0 unspecified atom stereocenters. The van der Waals surface area contributed by atoms with Gasteiger partial charge in [0.15, 0.2) is 0 Å². The molecule has 4 nitrogen and oxygen atoms in total. The molecule has 0 heterocycles. The first-order valence-corrected chi connectivity index (χ1v) is 6.79. The summed E-state index contributed by atoms with van der Waals surface area (Å²) in [4.78, 5) is 11.9. The number of hydrogen-bond acceptors (Lipinski definition) is 3. The highest BCUT2D eigenvalue weighted by Crippen LogP contribution is 2.16. The van der Waals surface area contributed by atoms with Crippen LogP contribution in [0.25, 0.3) is 0 Å². The van der Waals surface area contributed by atoms with Gasteiger partial charge in [0.25, 0.3) is 5.91 Å². The van der Waals surface area contributed by atoms with E-state index in [1.807, 2.05) is 39.0 Å². The van der Waals surface area contributed by atoms with Crippen LogP contribution in [0.2, 0.25) is 0 Å². The van der Waals surface area contributed by atoms with Crippen LogP contribution in [0.15, 0.2) is 18.2 Å². The quantitative estimate of drug-likeness (QED) is 0.744. The minimum absolute atomic E-state index is 0.0569. The fourth-order valence-electron chi connectivity index (χ4n) is 1.75. The number of hydrogen-bond donors (Lipinski definition) is 2. The SMILES string of the molecule is CCNc1ccc(C(=O)NCCOC(C)C)cc1C. The molecule has 0 aliphatic rings. The molecule has 0 bridgehead atoms. The van der Waals surface area contributed by atoms with Crippen LogP contribution in [0.5, 0.6) is 0 Å². The maximum atomic E-state index is 11.9. The third-order valence-electron chi connectivity index (χ3n) is 2.69. The molecule has 1 rings (SSSR count). The normalized spacial score (nSPS) is 10.6. The Balaban J connectivity index is 2.50. The summed E-state index contributed by atoms with van der Waals surface area (Å²) in [5.74, 6) is -0.0569. The highest BCUT2D eigenvalue weighted by molar-refractivity contribution is 5.94. The molecule has 2 N–H and O–H groups in total. The van der Waals surface area contributed by atoms with E-state index in [9.17, 15) is 4.79 Å². The highest BCUT2D eigenvalue weighted by Gasteiger charge is 2.07. The van der Waals surface area contributed by atoms with Crippen LogP contribution >= 0.6 is 0 Å². The second-order valence-corrected chi connectivity index (χ2v) is 4.74. The number of benzene rings is 1. The minimum atomic E-state index is -0.0569. The molecule has 0 aromatic heterocycles. The van der Waals surface area contributed by atoms with E-state index in [1.165, 1.54) is 0 Å². The van der Waals surface area contributed by atoms with Gasteiger partial charge in [-0.2, -0.15) is 0 Å². The lowest BCUT2D eigenvalue weighted by atomic mass is 10.1. The molecule has 1 amide bonds. The Morgan fingerprint density at radius 1 is 1.37 bits per heavy atom. The van der Waals surface area contributed by atoms with Gasteiger partial charge in [-0.1, -0.05) is 0 Å². The first-order chi connectivity index (χ1) is 9.04. The van der Waals surface area contributed by atoms with Crippen molar-refractivity contribution < 1.29 is 9.53 Å². The highest BCUT2D eigenvalue weighted by atomic mass is 16.5. The fourth-order valence-corrected chi connectivity index (χ4v) is 1.75. The number of ether oxygens (including phenoxy) is 1. The topological polar surface area (TPSA) is 50.4 Å². The molecular weight excluding hydrogens is 240 g/mol. The van der Waals surface area contributed by atoms with Crippen LogP contribution in [-0.2, 0) is 4.74 Å². The number of aryl methyl sites for hydroxylation is 1. The molecule has 0 aliphatic heterocycles. The monoisotopic (exact) mass is 264 g/mol. The van der Waals surface area contributed by atoms with Gasteiger partial charge in [-0.05, 0) is 51.5 Å². The third kappa shape index (κ3) is 5.30. The van der Waals surface area contributed by atoms with Crippen molar-refractivity contribution in [1.82, 2.24) is 5.32 Å². The number of nitrogens with one attached hydrogen (secondary N) is 2. The van der Waals surface area contributed by atoms with Gasteiger partial charge in [0, 0.05) is 24.3 Å². The second kappa shape index (κ2) is 7.79. The van der Waals surface area contributed by atoms with Gasteiger partial charge in [0.2, 0.25) is 0 Å². The van der Waals surface area contributed by atoms with Gasteiger partial charge in [0.1, 0.15) is 0 Å². The minimum Gasteiger partial charge on any atom is -0.385 e. The van der Waals surface area contributed by atoms with Crippen LogP contribution in [0.3, 0.4) is 0 Å².